The van der Waals surface area contributed by atoms with Gasteiger partial charge in [-0.15, -0.1) is 11.3 Å². The molecule has 1 aromatic heterocycles. The molecular formula is C26H29NO5S. The summed E-state index contributed by atoms with van der Waals surface area (Å²) in [6.07, 6.45) is 1.74. The first-order chi connectivity index (χ1) is 16.0. The van der Waals surface area contributed by atoms with Crippen molar-refractivity contribution in [2.45, 2.75) is 44.9 Å². The van der Waals surface area contributed by atoms with E-state index < -0.39 is 5.92 Å². The summed E-state index contributed by atoms with van der Waals surface area (Å²) >= 11 is 1.56. The summed E-state index contributed by atoms with van der Waals surface area (Å²) in [6, 6.07) is 9.73. The molecule has 0 N–H and O–H groups in total. The number of esters is 1. The van der Waals surface area contributed by atoms with Crippen molar-refractivity contribution in [1.82, 2.24) is 0 Å². The van der Waals surface area contributed by atoms with Crippen LogP contribution in [0.5, 0.6) is 11.5 Å². The van der Waals surface area contributed by atoms with Crippen LogP contribution < -0.4 is 9.47 Å². The van der Waals surface area contributed by atoms with Gasteiger partial charge in [0.05, 0.1) is 20.8 Å². The van der Waals surface area contributed by atoms with Gasteiger partial charge in [-0.3, -0.25) is 14.6 Å². The lowest BCUT2D eigenvalue weighted by atomic mass is 9.71. The molecule has 3 atom stereocenters. The van der Waals surface area contributed by atoms with Gasteiger partial charge in [0.1, 0.15) is 5.92 Å². The first kappa shape index (κ1) is 23.2. The Morgan fingerprint density at radius 2 is 1.94 bits per heavy atom. The SMILES string of the molecule is CCCOC(=O)C1C(C)=NC2=C(C(=O)CC(c3ccc(OC)c(OC)c3)C2)C1c1cccs1. The summed E-state index contributed by atoms with van der Waals surface area (Å²) in [6.45, 7) is 4.19. The van der Waals surface area contributed by atoms with Crippen molar-refractivity contribution in [1.29, 1.82) is 0 Å². The number of ether oxygens (including phenoxy) is 3. The zero-order valence-corrected chi connectivity index (χ0v) is 20.2. The molecule has 2 aliphatic rings. The number of benzene rings is 1. The van der Waals surface area contributed by atoms with Gasteiger partial charge < -0.3 is 14.2 Å². The quantitative estimate of drug-likeness (QED) is 0.517. The van der Waals surface area contributed by atoms with Gasteiger partial charge in [-0.05, 0) is 54.8 Å². The minimum atomic E-state index is -0.574. The van der Waals surface area contributed by atoms with Crippen molar-refractivity contribution in [2.24, 2.45) is 10.9 Å². The van der Waals surface area contributed by atoms with Crippen molar-refractivity contribution in [3.63, 3.8) is 0 Å². The minimum Gasteiger partial charge on any atom is -0.493 e. The fourth-order valence-electron chi connectivity index (χ4n) is 4.78. The maximum atomic E-state index is 13.6. The fourth-order valence-corrected chi connectivity index (χ4v) is 5.65. The molecule has 0 saturated carbocycles. The highest BCUT2D eigenvalue weighted by Gasteiger charge is 2.45. The van der Waals surface area contributed by atoms with Gasteiger partial charge in [0.25, 0.3) is 0 Å². The first-order valence-corrected chi connectivity index (χ1v) is 12.1. The van der Waals surface area contributed by atoms with Crippen molar-refractivity contribution < 1.29 is 23.8 Å². The Labute approximate surface area is 198 Å². The highest BCUT2D eigenvalue weighted by molar-refractivity contribution is 7.10. The van der Waals surface area contributed by atoms with Crippen LogP contribution in [-0.4, -0.2) is 38.3 Å². The molecule has 2 heterocycles. The normalized spacial score (nSPS) is 22.5. The van der Waals surface area contributed by atoms with Gasteiger partial charge in [0, 0.05) is 34.2 Å². The third-order valence-corrected chi connectivity index (χ3v) is 7.28. The second-order valence-electron chi connectivity index (χ2n) is 8.39. The molecule has 0 radical (unpaired) electrons. The number of aliphatic imine (C=N–C) groups is 1. The highest BCUT2D eigenvalue weighted by atomic mass is 32.1. The van der Waals surface area contributed by atoms with Crippen LogP contribution in [0.25, 0.3) is 0 Å². The van der Waals surface area contributed by atoms with E-state index in [9.17, 15) is 9.59 Å². The van der Waals surface area contributed by atoms with E-state index in [2.05, 4.69) is 0 Å². The minimum absolute atomic E-state index is 0.0137. The number of nitrogens with zero attached hydrogens (tertiary/aromatic N) is 1. The van der Waals surface area contributed by atoms with Crippen LogP contribution >= 0.6 is 11.3 Å². The second-order valence-corrected chi connectivity index (χ2v) is 9.37. The summed E-state index contributed by atoms with van der Waals surface area (Å²) in [5.41, 5.74) is 3.16. The van der Waals surface area contributed by atoms with E-state index in [1.165, 1.54) is 0 Å². The maximum absolute atomic E-state index is 13.6. The Hall–Kier alpha value is -2.93. The molecule has 7 heteroatoms. The van der Waals surface area contributed by atoms with E-state index in [0.717, 1.165) is 22.6 Å². The van der Waals surface area contributed by atoms with Gasteiger partial charge in [0.2, 0.25) is 0 Å². The largest absolute Gasteiger partial charge is 0.493 e. The van der Waals surface area contributed by atoms with E-state index in [4.69, 9.17) is 19.2 Å². The number of ketones is 1. The first-order valence-electron chi connectivity index (χ1n) is 11.2. The Morgan fingerprint density at radius 1 is 1.15 bits per heavy atom. The van der Waals surface area contributed by atoms with Crippen LogP contribution in [-0.2, 0) is 14.3 Å². The van der Waals surface area contributed by atoms with Crippen LogP contribution in [0.1, 0.15) is 55.4 Å². The van der Waals surface area contributed by atoms with Crippen LogP contribution in [0, 0.1) is 5.92 Å². The summed E-state index contributed by atoms with van der Waals surface area (Å²) in [5, 5.41) is 1.98. The molecule has 0 fully saturated rings. The number of hydrogen-bond acceptors (Lipinski definition) is 7. The van der Waals surface area contributed by atoms with E-state index in [0.29, 0.717) is 42.2 Å². The monoisotopic (exact) mass is 467 g/mol. The molecule has 174 valence electrons. The third-order valence-electron chi connectivity index (χ3n) is 6.32. The smallest absolute Gasteiger partial charge is 0.315 e. The van der Waals surface area contributed by atoms with Gasteiger partial charge in [-0.25, -0.2) is 0 Å². The van der Waals surface area contributed by atoms with Crippen LogP contribution in [0.3, 0.4) is 0 Å². The van der Waals surface area contributed by atoms with Gasteiger partial charge in [0.15, 0.2) is 17.3 Å². The number of allylic oxidation sites excluding steroid dienone is 2. The maximum Gasteiger partial charge on any atom is 0.315 e. The molecule has 0 amide bonds. The van der Waals surface area contributed by atoms with E-state index >= 15 is 0 Å². The molecule has 33 heavy (non-hydrogen) atoms. The Morgan fingerprint density at radius 3 is 2.61 bits per heavy atom. The van der Waals surface area contributed by atoms with Crippen molar-refractivity contribution in [3.05, 3.63) is 57.4 Å². The fraction of sp³-hybridized carbons (Fsp3) is 0.423. The van der Waals surface area contributed by atoms with Crippen LogP contribution in [0.2, 0.25) is 0 Å². The Bertz CT molecular complexity index is 1100. The van der Waals surface area contributed by atoms with Crippen molar-refractivity contribution >= 4 is 28.8 Å². The molecule has 0 spiro atoms. The average molecular weight is 468 g/mol. The highest BCUT2D eigenvalue weighted by Crippen LogP contribution is 2.48. The molecule has 1 aromatic carbocycles. The van der Waals surface area contributed by atoms with Gasteiger partial charge >= 0.3 is 5.97 Å². The number of hydrogen-bond donors (Lipinski definition) is 0. The molecule has 1 aliphatic carbocycles. The molecular weight excluding hydrogens is 438 g/mol. The lowest BCUT2D eigenvalue weighted by Crippen LogP contribution is -2.37. The number of methoxy groups -OCH3 is 2. The predicted octanol–water partition coefficient (Wildman–Crippen LogP) is 5.29. The van der Waals surface area contributed by atoms with E-state index in [1.807, 2.05) is 49.6 Å². The molecule has 4 rings (SSSR count). The topological polar surface area (TPSA) is 74.2 Å². The zero-order chi connectivity index (χ0) is 23.5. The number of Topliss-reactive ketones (excluding diaryl/α,β-unsaturated/α-hetero) is 1. The lowest BCUT2D eigenvalue weighted by Gasteiger charge is -2.36. The molecule has 0 saturated heterocycles. The third kappa shape index (κ3) is 4.47. The van der Waals surface area contributed by atoms with Gasteiger partial charge in [-0.2, -0.15) is 0 Å². The molecule has 3 unspecified atom stereocenters. The standard InChI is InChI=1S/C26H29NO5S/c1-5-10-32-26(29)23-15(2)27-18-12-17(16-8-9-20(30-3)21(14-16)31-4)13-19(28)24(18)25(23)22-7-6-11-33-22/h6-9,11,14,17,23,25H,5,10,12-13H2,1-4H3. The Balaban J connectivity index is 1.72. The van der Waals surface area contributed by atoms with E-state index in [1.54, 1.807) is 25.6 Å². The number of carbonyl (C=O) groups excluding carboxylic acids is 2. The summed E-state index contributed by atoms with van der Waals surface area (Å²) in [7, 11) is 3.21. The predicted molar refractivity (Wildman–Crippen MR) is 128 cm³/mol. The van der Waals surface area contributed by atoms with E-state index in [-0.39, 0.29) is 23.6 Å². The van der Waals surface area contributed by atoms with Crippen LogP contribution in [0.4, 0.5) is 0 Å². The number of carbonyl (C=O) groups is 2. The summed E-state index contributed by atoms with van der Waals surface area (Å²) in [5.74, 6) is 0.0926. The van der Waals surface area contributed by atoms with Gasteiger partial charge in [-0.1, -0.05) is 19.1 Å². The molecule has 1 aliphatic heterocycles. The summed E-state index contributed by atoms with van der Waals surface area (Å²) < 4.78 is 16.3. The Kier molecular flexibility index (Phi) is 6.98. The van der Waals surface area contributed by atoms with Crippen LogP contribution in [0.15, 0.2) is 52.0 Å². The molecule has 0 bridgehead atoms. The second kappa shape index (κ2) is 9.91. The average Bonchev–Trinajstić information content (AvgIpc) is 3.35. The number of thiophene rings is 1. The zero-order valence-electron chi connectivity index (χ0n) is 19.4. The van der Waals surface area contributed by atoms with Crippen molar-refractivity contribution in [3.8, 4) is 11.5 Å². The molecule has 6 nitrogen and oxygen atoms in total. The summed E-state index contributed by atoms with van der Waals surface area (Å²) in [4.78, 5) is 32.4. The molecule has 2 aromatic rings. The van der Waals surface area contributed by atoms with Crippen molar-refractivity contribution in [2.75, 3.05) is 20.8 Å². The lowest BCUT2D eigenvalue weighted by molar-refractivity contribution is -0.146. The number of rotatable bonds is 7.